The summed E-state index contributed by atoms with van der Waals surface area (Å²) in [6, 6.07) is 3.97. The van der Waals surface area contributed by atoms with Crippen LogP contribution in [-0.4, -0.2) is 31.3 Å². The number of rotatable bonds is 4. The third kappa shape index (κ3) is 2.91. The molecule has 0 saturated carbocycles. The smallest absolute Gasteiger partial charge is 0.125 e. The molecular weight excluding hydrogens is 192 g/mol. The Morgan fingerprint density at radius 2 is 2.53 bits per heavy atom. The van der Waals surface area contributed by atoms with E-state index in [4.69, 9.17) is 9.47 Å². The number of hydrogen-bond donors (Lipinski definition) is 1. The predicted molar refractivity (Wildman–Crippen MR) is 57.8 cm³/mol. The summed E-state index contributed by atoms with van der Waals surface area (Å²) in [5.41, 5.74) is 1.10. The van der Waals surface area contributed by atoms with E-state index >= 15 is 0 Å². The van der Waals surface area contributed by atoms with E-state index in [0.717, 1.165) is 31.0 Å². The van der Waals surface area contributed by atoms with E-state index in [-0.39, 0.29) is 6.10 Å². The van der Waals surface area contributed by atoms with Gasteiger partial charge in [-0.2, -0.15) is 0 Å². The molecule has 0 aliphatic carbocycles. The van der Waals surface area contributed by atoms with Gasteiger partial charge in [-0.25, -0.2) is 4.98 Å². The van der Waals surface area contributed by atoms with Gasteiger partial charge in [0.2, 0.25) is 0 Å². The molecule has 1 fully saturated rings. The zero-order chi connectivity index (χ0) is 10.5. The number of ether oxygens (including phenoxy) is 2. The predicted octanol–water partition coefficient (Wildman–Crippen LogP) is 1.43. The van der Waals surface area contributed by atoms with Crippen LogP contribution >= 0.6 is 0 Å². The summed E-state index contributed by atoms with van der Waals surface area (Å²) in [4.78, 5) is 4.22. The molecule has 0 amide bonds. The van der Waals surface area contributed by atoms with Gasteiger partial charge in [-0.3, -0.25) is 0 Å². The lowest BCUT2D eigenvalue weighted by Gasteiger charge is -2.09. The lowest BCUT2D eigenvalue weighted by Crippen LogP contribution is -2.11. The second-order valence-corrected chi connectivity index (χ2v) is 3.60. The summed E-state index contributed by atoms with van der Waals surface area (Å²) in [7, 11) is 1.86. The summed E-state index contributed by atoms with van der Waals surface area (Å²) in [5.74, 6) is 0.878. The number of anilines is 1. The summed E-state index contributed by atoms with van der Waals surface area (Å²) in [5, 5.41) is 2.98. The van der Waals surface area contributed by atoms with Gasteiger partial charge in [-0.15, -0.1) is 0 Å². The highest BCUT2D eigenvalue weighted by molar-refractivity contribution is 5.34. The fourth-order valence-corrected chi connectivity index (χ4v) is 1.52. The number of nitrogens with zero attached hydrogens (tertiary/aromatic N) is 1. The monoisotopic (exact) mass is 208 g/mol. The van der Waals surface area contributed by atoms with Crippen molar-refractivity contribution in [3.63, 3.8) is 0 Å². The minimum absolute atomic E-state index is 0.258. The van der Waals surface area contributed by atoms with Crippen molar-refractivity contribution < 1.29 is 9.47 Å². The lowest BCUT2D eigenvalue weighted by atomic mass is 10.3. The maximum absolute atomic E-state index is 5.68. The molecule has 1 unspecified atom stereocenters. The highest BCUT2D eigenvalue weighted by Gasteiger charge is 2.15. The van der Waals surface area contributed by atoms with Crippen LogP contribution in [0.25, 0.3) is 0 Å². The van der Waals surface area contributed by atoms with E-state index in [1.165, 1.54) is 0 Å². The summed E-state index contributed by atoms with van der Waals surface area (Å²) in [6.07, 6.45) is 3.10. The number of hydrogen-bond acceptors (Lipinski definition) is 4. The van der Waals surface area contributed by atoms with Crippen LogP contribution in [0.15, 0.2) is 18.3 Å². The van der Waals surface area contributed by atoms with Gasteiger partial charge in [0.05, 0.1) is 19.3 Å². The van der Waals surface area contributed by atoms with Crippen LogP contribution in [0.4, 0.5) is 5.82 Å². The van der Waals surface area contributed by atoms with Gasteiger partial charge in [-0.05, 0) is 18.1 Å². The fraction of sp³-hybridized carbons (Fsp3) is 0.545. The Morgan fingerprint density at radius 3 is 3.13 bits per heavy atom. The van der Waals surface area contributed by atoms with Gasteiger partial charge in [0.1, 0.15) is 5.82 Å². The normalized spacial score (nSPS) is 20.5. The van der Waals surface area contributed by atoms with Gasteiger partial charge in [-0.1, -0.05) is 6.07 Å². The minimum atomic E-state index is 0.258. The Bertz CT molecular complexity index is 294. The van der Waals surface area contributed by atoms with Crippen molar-refractivity contribution in [2.75, 3.05) is 25.6 Å². The zero-order valence-corrected chi connectivity index (χ0v) is 8.90. The Morgan fingerprint density at radius 1 is 1.60 bits per heavy atom. The van der Waals surface area contributed by atoms with Gasteiger partial charge in [0.15, 0.2) is 0 Å². The molecule has 0 bridgehead atoms. The van der Waals surface area contributed by atoms with E-state index in [0.29, 0.717) is 6.61 Å². The van der Waals surface area contributed by atoms with Crippen molar-refractivity contribution in [3.8, 4) is 0 Å². The van der Waals surface area contributed by atoms with Crippen LogP contribution in [0.1, 0.15) is 12.0 Å². The van der Waals surface area contributed by atoms with Crippen LogP contribution in [0.3, 0.4) is 0 Å². The molecule has 1 N–H and O–H groups in total. The summed E-state index contributed by atoms with van der Waals surface area (Å²) < 4.78 is 10.9. The van der Waals surface area contributed by atoms with Gasteiger partial charge in [0.25, 0.3) is 0 Å². The molecule has 1 aromatic heterocycles. The summed E-state index contributed by atoms with van der Waals surface area (Å²) >= 11 is 0. The maximum atomic E-state index is 5.68. The Hall–Kier alpha value is -1.13. The first-order valence-electron chi connectivity index (χ1n) is 5.20. The molecule has 4 nitrogen and oxygen atoms in total. The molecule has 15 heavy (non-hydrogen) atoms. The molecule has 1 aromatic rings. The molecule has 0 aromatic carbocycles. The number of nitrogens with one attached hydrogen (secondary N) is 1. The first kappa shape index (κ1) is 10.4. The third-order valence-electron chi connectivity index (χ3n) is 2.45. The topological polar surface area (TPSA) is 43.4 Å². The van der Waals surface area contributed by atoms with E-state index in [1.54, 1.807) is 0 Å². The molecule has 1 aliphatic rings. The van der Waals surface area contributed by atoms with Crippen molar-refractivity contribution in [1.29, 1.82) is 0 Å². The average molecular weight is 208 g/mol. The molecule has 1 atom stereocenters. The van der Waals surface area contributed by atoms with Crippen LogP contribution in [0.2, 0.25) is 0 Å². The Balaban J connectivity index is 1.82. The minimum Gasteiger partial charge on any atom is -0.379 e. The van der Waals surface area contributed by atoms with E-state index in [2.05, 4.69) is 10.3 Å². The van der Waals surface area contributed by atoms with E-state index < -0.39 is 0 Å². The largest absolute Gasteiger partial charge is 0.379 e. The third-order valence-corrected chi connectivity index (χ3v) is 2.45. The van der Waals surface area contributed by atoms with Crippen LogP contribution in [0.5, 0.6) is 0 Å². The van der Waals surface area contributed by atoms with E-state index in [1.807, 2.05) is 25.4 Å². The lowest BCUT2D eigenvalue weighted by molar-refractivity contribution is 0.0316. The highest BCUT2D eigenvalue weighted by Crippen LogP contribution is 2.12. The van der Waals surface area contributed by atoms with Gasteiger partial charge in [0, 0.05) is 19.9 Å². The summed E-state index contributed by atoms with van der Waals surface area (Å²) in [6.45, 7) is 2.16. The molecule has 2 rings (SSSR count). The number of pyridine rings is 1. The molecule has 82 valence electrons. The molecule has 2 heterocycles. The number of aromatic nitrogens is 1. The first-order chi connectivity index (χ1) is 7.38. The first-order valence-corrected chi connectivity index (χ1v) is 5.20. The molecule has 1 aliphatic heterocycles. The molecule has 1 saturated heterocycles. The van der Waals surface area contributed by atoms with Crippen molar-refractivity contribution in [1.82, 2.24) is 4.98 Å². The van der Waals surface area contributed by atoms with Crippen LogP contribution in [-0.2, 0) is 16.1 Å². The van der Waals surface area contributed by atoms with E-state index in [9.17, 15) is 0 Å². The molecule has 0 radical (unpaired) electrons. The second-order valence-electron chi connectivity index (χ2n) is 3.60. The van der Waals surface area contributed by atoms with Gasteiger partial charge < -0.3 is 14.8 Å². The SMILES string of the molecule is CNc1ccc(COC2CCOC2)cn1. The molecular formula is C11H16N2O2. The van der Waals surface area contributed by atoms with Crippen molar-refractivity contribution >= 4 is 5.82 Å². The zero-order valence-electron chi connectivity index (χ0n) is 8.90. The molecule has 4 heteroatoms. The fourth-order valence-electron chi connectivity index (χ4n) is 1.52. The Labute approximate surface area is 89.6 Å². The van der Waals surface area contributed by atoms with Crippen molar-refractivity contribution in [2.45, 2.75) is 19.1 Å². The van der Waals surface area contributed by atoms with Crippen LogP contribution in [0, 0.1) is 0 Å². The standard InChI is InChI=1S/C11H16N2O2/c1-12-11-3-2-9(6-13-11)7-15-10-4-5-14-8-10/h2-3,6,10H,4-5,7-8H2,1H3,(H,12,13). The quantitative estimate of drug-likeness (QED) is 0.813. The van der Waals surface area contributed by atoms with Crippen molar-refractivity contribution in [3.05, 3.63) is 23.9 Å². The van der Waals surface area contributed by atoms with Crippen LogP contribution < -0.4 is 5.32 Å². The highest BCUT2D eigenvalue weighted by atomic mass is 16.5. The average Bonchev–Trinajstić information content (AvgIpc) is 2.80. The van der Waals surface area contributed by atoms with Crippen molar-refractivity contribution in [2.24, 2.45) is 0 Å². The maximum Gasteiger partial charge on any atom is 0.125 e. The van der Waals surface area contributed by atoms with Gasteiger partial charge >= 0.3 is 0 Å². The second kappa shape index (κ2) is 5.09. The Kier molecular flexibility index (Phi) is 3.53. The molecule has 0 spiro atoms.